The number of aliphatic hydroxyl groups excluding tert-OH is 1. The van der Waals surface area contributed by atoms with Crippen LogP contribution in [0.25, 0.3) is 0 Å². The largest absolute Gasteiger partial charge is 0.393 e. The highest BCUT2D eigenvalue weighted by Crippen LogP contribution is 2.24. The minimum absolute atomic E-state index is 0.0229. The van der Waals surface area contributed by atoms with Crippen molar-refractivity contribution in [2.24, 2.45) is 11.8 Å². The molecule has 1 saturated carbocycles. The van der Waals surface area contributed by atoms with Crippen LogP contribution in [0.4, 0.5) is 0 Å². The maximum absolute atomic E-state index is 12.2. The lowest BCUT2D eigenvalue weighted by atomic mass is 9.87. The number of likely N-dealkylation sites (tertiary alicyclic amines) is 1. The van der Waals surface area contributed by atoms with Crippen LogP contribution < -0.4 is 5.32 Å². The first-order valence-corrected chi connectivity index (χ1v) is 9.39. The van der Waals surface area contributed by atoms with Gasteiger partial charge in [0, 0.05) is 37.9 Å². The van der Waals surface area contributed by atoms with E-state index >= 15 is 0 Å². The molecule has 0 aromatic heterocycles. The number of rotatable bonds is 6. The minimum Gasteiger partial charge on any atom is -0.393 e. The van der Waals surface area contributed by atoms with Crippen LogP contribution in [0.1, 0.15) is 37.7 Å². The molecule has 25 heavy (non-hydrogen) atoms. The standard InChI is InChI=1S/C20H28N2O3/c23-18-8-6-17(7-9-18)20(25)21-13-16-12-19(24)22(14-16)11-10-15-4-2-1-3-5-15/h1-5,16-18,23H,6-14H2,(H,21,25). The molecule has 2 aliphatic rings. The highest BCUT2D eigenvalue weighted by atomic mass is 16.3. The number of aliphatic hydroxyl groups is 1. The molecule has 1 heterocycles. The Hall–Kier alpha value is -1.88. The fraction of sp³-hybridized carbons (Fsp3) is 0.600. The third-order valence-corrected chi connectivity index (χ3v) is 5.44. The molecule has 0 spiro atoms. The van der Waals surface area contributed by atoms with Gasteiger partial charge in [0.05, 0.1) is 6.10 Å². The normalized spacial score (nSPS) is 26.7. The van der Waals surface area contributed by atoms with Gasteiger partial charge in [0.25, 0.3) is 0 Å². The first-order chi connectivity index (χ1) is 12.1. The number of carbonyl (C=O) groups excluding carboxylic acids is 2. The van der Waals surface area contributed by atoms with E-state index in [1.807, 2.05) is 23.1 Å². The number of nitrogens with zero attached hydrogens (tertiary/aromatic N) is 1. The molecule has 0 radical (unpaired) electrons. The van der Waals surface area contributed by atoms with Crippen LogP contribution in [-0.4, -0.2) is 47.6 Å². The molecule has 1 aromatic carbocycles. The molecule has 2 N–H and O–H groups in total. The summed E-state index contributed by atoms with van der Waals surface area (Å²) in [6.45, 7) is 2.05. The Morgan fingerprint density at radius 1 is 1.16 bits per heavy atom. The van der Waals surface area contributed by atoms with Crippen molar-refractivity contribution < 1.29 is 14.7 Å². The fourth-order valence-electron chi connectivity index (χ4n) is 3.84. The Morgan fingerprint density at radius 2 is 1.88 bits per heavy atom. The third kappa shape index (κ3) is 5.05. The van der Waals surface area contributed by atoms with Gasteiger partial charge >= 0.3 is 0 Å². The topological polar surface area (TPSA) is 69.6 Å². The van der Waals surface area contributed by atoms with Gasteiger partial charge in [0.1, 0.15) is 0 Å². The molecule has 1 saturated heterocycles. The molecule has 1 aliphatic carbocycles. The average Bonchev–Trinajstić information content (AvgIpc) is 2.99. The SMILES string of the molecule is O=C(NCC1CC(=O)N(CCc2ccccc2)C1)C1CCC(O)CC1. The summed E-state index contributed by atoms with van der Waals surface area (Å²) < 4.78 is 0. The molecule has 5 heteroatoms. The lowest BCUT2D eigenvalue weighted by Gasteiger charge is -2.25. The lowest BCUT2D eigenvalue weighted by Crippen LogP contribution is -2.37. The molecule has 5 nitrogen and oxygen atoms in total. The molecule has 2 amide bonds. The number of benzene rings is 1. The van der Waals surface area contributed by atoms with Crippen molar-refractivity contribution in [3.63, 3.8) is 0 Å². The van der Waals surface area contributed by atoms with Gasteiger partial charge in [-0.05, 0) is 37.7 Å². The lowest BCUT2D eigenvalue weighted by molar-refractivity contribution is -0.128. The summed E-state index contributed by atoms with van der Waals surface area (Å²) >= 11 is 0. The summed E-state index contributed by atoms with van der Waals surface area (Å²) in [7, 11) is 0. The van der Waals surface area contributed by atoms with Crippen molar-refractivity contribution >= 4 is 11.8 Å². The van der Waals surface area contributed by atoms with E-state index in [1.54, 1.807) is 0 Å². The Balaban J connectivity index is 1.39. The number of hydrogen-bond donors (Lipinski definition) is 2. The molecular formula is C20H28N2O3. The zero-order chi connectivity index (χ0) is 17.6. The van der Waals surface area contributed by atoms with Crippen LogP contribution >= 0.6 is 0 Å². The fourth-order valence-corrected chi connectivity index (χ4v) is 3.84. The molecule has 3 rings (SSSR count). The van der Waals surface area contributed by atoms with E-state index < -0.39 is 0 Å². The predicted octanol–water partition coefficient (Wildman–Crippen LogP) is 1.74. The maximum Gasteiger partial charge on any atom is 0.223 e. The van der Waals surface area contributed by atoms with Crippen LogP contribution in [0.2, 0.25) is 0 Å². The Labute approximate surface area is 149 Å². The van der Waals surface area contributed by atoms with Gasteiger partial charge in [-0.3, -0.25) is 9.59 Å². The summed E-state index contributed by atoms with van der Waals surface area (Å²) in [4.78, 5) is 26.3. The van der Waals surface area contributed by atoms with Crippen LogP contribution in [-0.2, 0) is 16.0 Å². The van der Waals surface area contributed by atoms with Gasteiger partial charge < -0.3 is 15.3 Å². The monoisotopic (exact) mass is 344 g/mol. The molecule has 2 fully saturated rings. The van der Waals surface area contributed by atoms with E-state index in [4.69, 9.17) is 0 Å². The second kappa shape index (κ2) is 8.48. The predicted molar refractivity (Wildman–Crippen MR) is 95.8 cm³/mol. The number of hydrogen-bond acceptors (Lipinski definition) is 3. The van der Waals surface area contributed by atoms with E-state index in [1.165, 1.54) is 5.56 Å². The molecule has 1 aliphatic heterocycles. The summed E-state index contributed by atoms with van der Waals surface area (Å²) in [6.07, 6.45) is 4.11. The molecule has 136 valence electrons. The highest BCUT2D eigenvalue weighted by molar-refractivity contribution is 5.80. The number of carbonyl (C=O) groups is 2. The second-order valence-corrected chi connectivity index (χ2v) is 7.40. The van der Waals surface area contributed by atoms with Gasteiger partial charge in [-0.25, -0.2) is 0 Å². The first kappa shape index (κ1) is 17.9. The Kier molecular flexibility index (Phi) is 6.08. The van der Waals surface area contributed by atoms with Crippen LogP contribution in [0.3, 0.4) is 0 Å². The van der Waals surface area contributed by atoms with Crippen molar-refractivity contribution in [2.75, 3.05) is 19.6 Å². The van der Waals surface area contributed by atoms with Crippen LogP contribution in [0, 0.1) is 11.8 Å². The number of amides is 2. The minimum atomic E-state index is -0.241. The summed E-state index contributed by atoms with van der Waals surface area (Å²) in [5.74, 6) is 0.508. The second-order valence-electron chi connectivity index (χ2n) is 7.40. The maximum atomic E-state index is 12.2. The summed E-state index contributed by atoms with van der Waals surface area (Å²) in [5, 5.41) is 12.6. The van der Waals surface area contributed by atoms with Gasteiger partial charge in [-0.2, -0.15) is 0 Å². The van der Waals surface area contributed by atoms with E-state index in [2.05, 4.69) is 17.4 Å². The van der Waals surface area contributed by atoms with Crippen molar-refractivity contribution in [1.29, 1.82) is 0 Å². The zero-order valence-corrected chi connectivity index (χ0v) is 14.7. The van der Waals surface area contributed by atoms with Crippen molar-refractivity contribution in [2.45, 2.75) is 44.6 Å². The van der Waals surface area contributed by atoms with E-state index in [9.17, 15) is 14.7 Å². The quantitative estimate of drug-likeness (QED) is 0.826. The molecule has 1 unspecified atom stereocenters. The summed E-state index contributed by atoms with van der Waals surface area (Å²) in [5.41, 5.74) is 1.24. The average molecular weight is 344 g/mol. The number of nitrogens with one attached hydrogen (secondary N) is 1. The smallest absolute Gasteiger partial charge is 0.223 e. The summed E-state index contributed by atoms with van der Waals surface area (Å²) in [6, 6.07) is 10.2. The van der Waals surface area contributed by atoms with E-state index in [-0.39, 0.29) is 29.8 Å². The first-order valence-electron chi connectivity index (χ1n) is 9.39. The Morgan fingerprint density at radius 3 is 2.60 bits per heavy atom. The van der Waals surface area contributed by atoms with Crippen molar-refractivity contribution in [1.82, 2.24) is 10.2 Å². The van der Waals surface area contributed by atoms with Crippen molar-refractivity contribution in [3.8, 4) is 0 Å². The Bertz CT molecular complexity index is 582. The van der Waals surface area contributed by atoms with Gasteiger partial charge in [-0.1, -0.05) is 30.3 Å². The van der Waals surface area contributed by atoms with Crippen LogP contribution in [0.5, 0.6) is 0 Å². The van der Waals surface area contributed by atoms with E-state index in [0.717, 1.165) is 32.4 Å². The third-order valence-electron chi connectivity index (χ3n) is 5.44. The van der Waals surface area contributed by atoms with Crippen LogP contribution in [0.15, 0.2) is 30.3 Å². The van der Waals surface area contributed by atoms with Gasteiger partial charge in [-0.15, -0.1) is 0 Å². The molecule has 1 aromatic rings. The molecular weight excluding hydrogens is 316 g/mol. The van der Waals surface area contributed by atoms with Gasteiger partial charge in [0.15, 0.2) is 0 Å². The van der Waals surface area contributed by atoms with Crippen molar-refractivity contribution in [3.05, 3.63) is 35.9 Å². The molecule has 0 bridgehead atoms. The highest BCUT2D eigenvalue weighted by Gasteiger charge is 2.30. The van der Waals surface area contributed by atoms with E-state index in [0.29, 0.717) is 25.8 Å². The van der Waals surface area contributed by atoms with Gasteiger partial charge in [0.2, 0.25) is 11.8 Å². The molecule has 1 atom stereocenters. The zero-order valence-electron chi connectivity index (χ0n) is 14.7.